The van der Waals surface area contributed by atoms with E-state index in [0.717, 1.165) is 17.5 Å². The number of nitrogens with one attached hydrogen (secondary N) is 3. The Kier molecular flexibility index (Phi) is 14.2. The average Bonchev–Trinajstić information content (AvgIpc) is 2.92. The minimum absolute atomic E-state index is 0.0135. The smallest absolute Gasteiger partial charge is 0.407 e. The number of rotatable bonds is 16. The number of carbonyl (C=O) groups is 4. The van der Waals surface area contributed by atoms with Crippen molar-refractivity contribution in [1.82, 2.24) is 16.0 Å². The molecule has 0 aromatic heterocycles. The predicted molar refractivity (Wildman–Crippen MR) is 150 cm³/mol. The van der Waals surface area contributed by atoms with Crippen molar-refractivity contribution in [2.75, 3.05) is 19.6 Å². The summed E-state index contributed by atoms with van der Waals surface area (Å²) in [6.07, 6.45) is 0.945. The first-order valence-corrected chi connectivity index (χ1v) is 13.5. The van der Waals surface area contributed by atoms with Gasteiger partial charge in [0.2, 0.25) is 5.91 Å². The van der Waals surface area contributed by atoms with Gasteiger partial charge in [0, 0.05) is 13.0 Å². The number of alkyl carbamates (subject to hydrolysis) is 1. The summed E-state index contributed by atoms with van der Waals surface area (Å²) < 4.78 is 15.9. The van der Waals surface area contributed by atoms with E-state index >= 15 is 0 Å². The second kappa shape index (κ2) is 17.6. The van der Waals surface area contributed by atoms with Crippen LogP contribution in [0, 0.1) is 0 Å². The summed E-state index contributed by atoms with van der Waals surface area (Å²) in [6, 6.07) is 17.5. The van der Waals surface area contributed by atoms with Crippen LogP contribution >= 0.6 is 0 Å². The number of benzene rings is 2. The number of hydrogen-bond donors (Lipinski definition) is 3. The molecule has 1 unspecified atom stereocenters. The van der Waals surface area contributed by atoms with Crippen LogP contribution in [0.25, 0.3) is 0 Å². The molecular weight excluding hydrogens is 514 g/mol. The molecule has 1 atom stereocenters. The van der Waals surface area contributed by atoms with Gasteiger partial charge in [-0.1, -0.05) is 60.7 Å². The maximum Gasteiger partial charge on any atom is 0.407 e. The van der Waals surface area contributed by atoms with Gasteiger partial charge in [0.25, 0.3) is 0 Å². The normalized spacial score (nSPS) is 11.7. The lowest BCUT2D eigenvalue weighted by molar-refractivity contribution is -0.150. The van der Waals surface area contributed by atoms with Crippen LogP contribution < -0.4 is 16.0 Å². The van der Waals surface area contributed by atoms with Crippen molar-refractivity contribution in [3.63, 3.8) is 0 Å². The molecule has 0 aliphatic carbocycles. The fraction of sp³-hybridized carbons (Fsp3) is 0.467. The lowest BCUT2D eigenvalue weighted by atomic mass is 10.1. The van der Waals surface area contributed by atoms with Crippen LogP contribution in [0.5, 0.6) is 0 Å². The van der Waals surface area contributed by atoms with Crippen molar-refractivity contribution in [2.24, 2.45) is 0 Å². The Labute approximate surface area is 236 Å². The highest BCUT2D eigenvalue weighted by molar-refractivity contribution is 5.86. The van der Waals surface area contributed by atoms with Gasteiger partial charge >= 0.3 is 18.0 Å². The van der Waals surface area contributed by atoms with Crippen LogP contribution in [-0.4, -0.2) is 55.2 Å². The van der Waals surface area contributed by atoms with E-state index in [9.17, 15) is 19.2 Å². The number of ether oxygens (including phenoxy) is 3. The van der Waals surface area contributed by atoms with Gasteiger partial charge in [0.1, 0.15) is 24.9 Å². The van der Waals surface area contributed by atoms with Crippen molar-refractivity contribution in [3.8, 4) is 0 Å². The molecule has 2 aromatic rings. The molecule has 0 spiro atoms. The molecule has 0 bridgehead atoms. The zero-order valence-corrected chi connectivity index (χ0v) is 23.6. The van der Waals surface area contributed by atoms with E-state index in [1.165, 1.54) is 0 Å². The molecule has 0 aliphatic rings. The number of carbonyl (C=O) groups excluding carboxylic acids is 4. The lowest BCUT2D eigenvalue weighted by Crippen LogP contribution is -2.45. The van der Waals surface area contributed by atoms with Gasteiger partial charge in [-0.3, -0.25) is 9.59 Å². The van der Waals surface area contributed by atoms with Crippen molar-refractivity contribution >= 4 is 23.9 Å². The third-order valence-electron chi connectivity index (χ3n) is 5.46. The van der Waals surface area contributed by atoms with E-state index in [1.807, 2.05) is 60.7 Å². The van der Waals surface area contributed by atoms with E-state index in [-0.39, 0.29) is 32.6 Å². The number of amides is 2. The summed E-state index contributed by atoms with van der Waals surface area (Å²) in [5.41, 5.74) is 1.12. The molecule has 3 N–H and O–H groups in total. The first-order chi connectivity index (χ1) is 19.1. The SMILES string of the molecule is CC(C)(C)OC(=O)NCCCCNCC(=O)NC(CCC(=O)OCc1ccccc1)C(=O)OCc1ccccc1. The number of hydrogen-bond acceptors (Lipinski definition) is 8. The van der Waals surface area contributed by atoms with E-state index < -0.39 is 35.6 Å². The molecule has 0 aliphatic heterocycles. The van der Waals surface area contributed by atoms with Crippen LogP contribution in [0.15, 0.2) is 60.7 Å². The lowest BCUT2D eigenvalue weighted by Gasteiger charge is -2.19. The Balaban J connectivity index is 1.75. The summed E-state index contributed by atoms with van der Waals surface area (Å²) in [4.78, 5) is 49.2. The van der Waals surface area contributed by atoms with Gasteiger partial charge in [0.05, 0.1) is 6.54 Å². The van der Waals surface area contributed by atoms with Crippen LogP contribution in [0.2, 0.25) is 0 Å². The highest BCUT2D eigenvalue weighted by Crippen LogP contribution is 2.08. The monoisotopic (exact) mass is 555 g/mol. The zero-order chi connectivity index (χ0) is 29.2. The van der Waals surface area contributed by atoms with E-state index in [4.69, 9.17) is 14.2 Å². The van der Waals surface area contributed by atoms with Gasteiger partial charge in [-0.15, -0.1) is 0 Å². The Hall–Kier alpha value is -3.92. The fourth-order valence-electron chi connectivity index (χ4n) is 3.48. The standard InChI is InChI=1S/C30H41N3O7/c1-30(2,3)40-29(37)32-19-11-10-18-31-20-26(34)33-25(28(36)39-22-24-14-8-5-9-15-24)16-17-27(35)38-21-23-12-6-4-7-13-23/h4-9,12-15,25,31H,10-11,16-22H2,1-3H3,(H,32,37)(H,33,34). The van der Waals surface area contributed by atoms with Gasteiger partial charge in [-0.2, -0.15) is 0 Å². The topological polar surface area (TPSA) is 132 Å². The van der Waals surface area contributed by atoms with Crippen molar-refractivity contribution in [2.45, 2.75) is 71.3 Å². The van der Waals surface area contributed by atoms with Gasteiger partial charge in [-0.05, 0) is 57.7 Å². The molecule has 0 radical (unpaired) electrons. The van der Waals surface area contributed by atoms with Gasteiger partial charge in [0.15, 0.2) is 0 Å². The highest BCUT2D eigenvalue weighted by atomic mass is 16.6. The van der Waals surface area contributed by atoms with Gasteiger partial charge in [-0.25, -0.2) is 9.59 Å². The Morgan fingerprint density at radius 2 is 1.38 bits per heavy atom. The largest absolute Gasteiger partial charge is 0.461 e. The molecule has 0 heterocycles. The molecule has 0 fully saturated rings. The molecule has 2 amide bonds. The maximum atomic E-state index is 12.8. The second-order valence-corrected chi connectivity index (χ2v) is 10.2. The quantitative estimate of drug-likeness (QED) is 0.163. The maximum absolute atomic E-state index is 12.8. The third kappa shape index (κ3) is 14.9. The predicted octanol–water partition coefficient (Wildman–Crippen LogP) is 3.63. The number of esters is 2. The zero-order valence-electron chi connectivity index (χ0n) is 23.6. The first kappa shape index (κ1) is 32.3. The van der Waals surface area contributed by atoms with Crippen molar-refractivity contribution in [3.05, 3.63) is 71.8 Å². The molecular formula is C30H41N3O7. The molecule has 2 aromatic carbocycles. The molecule has 10 nitrogen and oxygen atoms in total. The third-order valence-corrected chi connectivity index (χ3v) is 5.46. The molecule has 2 rings (SSSR count). The first-order valence-electron chi connectivity index (χ1n) is 13.5. The average molecular weight is 556 g/mol. The second-order valence-electron chi connectivity index (χ2n) is 10.2. The molecule has 10 heteroatoms. The summed E-state index contributed by atoms with van der Waals surface area (Å²) in [5, 5.41) is 8.37. The molecule has 0 saturated heterocycles. The van der Waals surface area contributed by atoms with Crippen LogP contribution in [0.1, 0.15) is 57.6 Å². The minimum atomic E-state index is -1.000. The molecule has 40 heavy (non-hydrogen) atoms. The Morgan fingerprint density at radius 1 is 0.800 bits per heavy atom. The summed E-state index contributed by atoms with van der Waals surface area (Å²) in [5.74, 6) is -1.50. The summed E-state index contributed by atoms with van der Waals surface area (Å²) >= 11 is 0. The summed E-state index contributed by atoms with van der Waals surface area (Å²) in [6.45, 7) is 6.57. The summed E-state index contributed by atoms with van der Waals surface area (Å²) in [7, 11) is 0. The number of unbranched alkanes of at least 4 members (excludes halogenated alkanes) is 1. The molecule has 218 valence electrons. The highest BCUT2D eigenvalue weighted by Gasteiger charge is 2.24. The van der Waals surface area contributed by atoms with E-state index in [2.05, 4.69) is 16.0 Å². The van der Waals surface area contributed by atoms with Crippen LogP contribution in [0.4, 0.5) is 4.79 Å². The van der Waals surface area contributed by atoms with Crippen molar-refractivity contribution in [1.29, 1.82) is 0 Å². The molecule has 0 saturated carbocycles. The van der Waals surface area contributed by atoms with Crippen LogP contribution in [-0.2, 0) is 41.8 Å². The Bertz CT molecular complexity index is 1060. The van der Waals surface area contributed by atoms with E-state index in [0.29, 0.717) is 19.5 Å². The fourth-order valence-corrected chi connectivity index (χ4v) is 3.48. The van der Waals surface area contributed by atoms with Crippen molar-refractivity contribution < 1.29 is 33.4 Å². The minimum Gasteiger partial charge on any atom is -0.461 e. The van der Waals surface area contributed by atoms with Crippen LogP contribution in [0.3, 0.4) is 0 Å². The van der Waals surface area contributed by atoms with Gasteiger partial charge < -0.3 is 30.2 Å². The van der Waals surface area contributed by atoms with E-state index in [1.54, 1.807) is 20.8 Å². The Morgan fingerprint density at radius 3 is 1.98 bits per heavy atom.